The standard InChI is InChI=1S/C15H15BrClF2N5O/c1-7(18)10(20)5-9-11(19)12-14(21-6-8-3-2-4-25-8)22-15(17)23-24(12)13(9)16/h2-4,7,10H,5-6,20H2,1H3,(H,21,22,23)/t7-,10+/m0/s1. The van der Waals surface area contributed by atoms with Crippen molar-refractivity contribution in [3.05, 3.63) is 45.4 Å². The van der Waals surface area contributed by atoms with E-state index in [4.69, 9.17) is 21.8 Å². The molecule has 0 aliphatic carbocycles. The number of furan rings is 1. The van der Waals surface area contributed by atoms with Gasteiger partial charge in [0, 0.05) is 11.6 Å². The lowest BCUT2D eigenvalue weighted by molar-refractivity contribution is 0.302. The summed E-state index contributed by atoms with van der Waals surface area (Å²) < 4.78 is 35.2. The van der Waals surface area contributed by atoms with Crippen molar-refractivity contribution < 1.29 is 13.2 Å². The molecule has 3 heterocycles. The molecule has 0 aliphatic rings. The molecule has 3 rings (SSSR count). The van der Waals surface area contributed by atoms with Crippen LogP contribution >= 0.6 is 27.5 Å². The molecular formula is C15H15BrClF2N5O. The average molecular weight is 435 g/mol. The van der Waals surface area contributed by atoms with Gasteiger partial charge in [-0.3, -0.25) is 0 Å². The monoisotopic (exact) mass is 433 g/mol. The minimum atomic E-state index is -1.28. The fraction of sp³-hybridized carbons (Fsp3) is 0.333. The van der Waals surface area contributed by atoms with Gasteiger partial charge in [0.2, 0.25) is 5.28 Å². The third-order valence-electron chi connectivity index (χ3n) is 3.77. The van der Waals surface area contributed by atoms with E-state index in [1.54, 1.807) is 12.1 Å². The first-order chi connectivity index (χ1) is 11.9. The zero-order valence-corrected chi connectivity index (χ0v) is 15.5. The van der Waals surface area contributed by atoms with Crippen LogP contribution in [0.25, 0.3) is 5.52 Å². The topological polar surface area (TPSA) is 81.4 Å². The van der Waals surface area contributed by atoms with E-state index in [1.165, 1.54) is 17.7 Å². The molecule has 10 heteroatoms. The highest BCUT2D eigenvalue weighted by Crippen LogP contribution is 2.31. The van der Waals surface area contributed by atoms with Crippen LogP contribution in [0.5, 0.6) is 0 Å². The second-order valence-electron chi connectivity index (χ2n) is 5.55. The normalized spacial score (nSPS) is 14.0. The van der Waals surface area contributed by atoms with E-state index in [0.717, 1.165) is 0 Å². The Labute approximate surface area is 155 Å². The first-order valence-electron chi connectivity index (χ1n) is 7.46. The van der Waals surface area contributed by atoms with Crippen LogP contribution in [0.3, 0.4) is 0 Å². The maximum Gasteiger partial charge on any atom is 0.243 e. The van der Waals surface area contributed by atoms with E-state index < -0.39 is 18.0 Å². The number of nitrogens with one attached hydrogen (secondary N) is 1. The number of hydrogen-bond donors (Lipinski definition) is 2. The number of nitrogens with zero attached hydrogens (tertiary/aromatic N) is 3. The predicted molar refractivity (Wildman–Crippen MR) is 93.9 cm³/mol. The Balaban J connectivity index is 2.02. The van der Waals surface area contributed by atoms with Crippen LogP contribution in [0.2, 0.25) is 5.28 Å². The molecule has 0 radical (unpaired) electrons. The Morgan fingerprint density at radius 2 is 2.28 bits per heavy atom. The molecule has 0 saturated carbocycles. The van der Waals surface area contributed by atoms with Crippen molar-refractivity contribution in [3.63, 3.8) is 0 Å². The van der Waals surface area contributed by atoms with Gasteiger partial charge in [-0.15, -0.1) is 5.10 Å². The molecular weight excluding hydrogens is 420 g/mol. The number of aromatic nitrogens is 3. The molecule has 134 valence electrons. The first kappa shape index (κ1) is 18.1. The zero-order chi connectivity index (χ0) is 18.1. The minimum absolute atomic E-state index is 0.00266. The second-order valence-corrected chi connectivity index (χ2v) is 6.64. The van der Waals surface area contributed by atoms with Gasteiger partial charge in [-0.2, -0.15) is 4.98 Å². The van der Waals surface area contributed by atoms with Crippen molar-refractivity contribution in [1.82, 2.24) is 14.6 Å². The number of alkyl halides is 1. The molecule has 0 amide bonds. The summed E-state index contributed by atoms with van der Waals surface area (Å²) >= 11 is 9.23. The molecule has 25 heavy (non-hydrogen) atoms. The summed E-state index contributed by atoms with van der Waals surface area (Å²) in [7, 11) is 0. The lowest BCUT2D eigenvalue weighted by atomic mass is 10.1. The van der Waals surface area contributed by atoms with Crippen LogP contribution in [0.4, 0.5) is 14.6 Å². The largest absolute Gasteiger partial charge is 0.467 e. The molecule has 0 unspecified atom stereocenters. The summed E-state index contributed by atoms with van der Waals surface area (Å²) in [6.45, 7) is 1.62. The van der Waals surface area contributed by atoms with Gasteiger partial charge in [0.1, 0.15) is 22.1 Å². The summed E-state index contributed by atoms with van der Waals surface area (Å²) in [4.78, 5) is 4.04. The third-order valence-corrected chi connectivity index (χ3v) is 4.75. The molecule has 6 nitrogen and oxygen atoms in total. The molecule has 0 bridgehead atoms. The smallest absolute Gasteiger partial charge is 0.243 e. The summed E-state index contributed by atoms with van der Waals surface area (Å²) in [5.74, 6) is 0.261. The minimum Gasteiger partial charge on any atom is -0.467 e. The van der Waals surface area contributed by atoms with Crippen LogP contribution in [0.15, 0.2) is 27.4 Å². The van der Waals surface area contributed by atoms with E-state index in [1.807, 2.05) is 0 Å². The molecule has 2 atom stereocenters. The van der Waals surface area contributed by atoms with Gasteiger partial charge >= 0.3 is 0 Å². The van der Waals surface area contributed by atoms with E-state index in [2.05, 4.69) is 31.3 Å². The van der Waals surface area contributed by atoms with Crippen molar-refractivity contribution in [1.29, 1.82) is 0 Å². The lowest BCUT2D eigenvalue weighted by Crippen LogP contribution is -2.32. The second kappa shape index (κ2) is 7.27. The highest BCUT2D eigenvalue weighted by molar-refractivity contribution is 9.10. The van der Waals surface area contributed by atoms with Gasteiger partial charge in [-0.05, 0) is 53.0 Å². The number of hydrogen-bond acceptors (Lipinski definition) is 5. The van der Waals surface area contributed by atoms with Gasteiger partial charge in [0.05, 0.1) is 12.8 Å². The average Bonchev–Trinajstić information content (AvgIpc) is 3.15. The SMILES string of the molecule is C[C@H](F)[C@H](N)Cc1c(F)c2c(NCc3ccco3)nc(Cl)nn2c1Br. The Morgan fingerprint density at radius 1 is 1.52 bits per heavy atom. The highest BCUT2D eigenvalue weighted by Gasteiger charge is 2.25. The van der Waals surface area contributed by atoms with Crippen LogP contribution in [0.1, 0.15) is 18.2 Å². The molecule has 0 spiro atoms. The fourth-order valence-electron chi connectivity index (χ4n) is 2.38. The summed E-state index contributed by atoms with van der Waals surface area (Å²) in [5, 5.41) is 6.90. The molecule has 0 saturated heterocycles. The van der Waals surface area contributed by atoms with Crippen molar-refractivity contribution in [2.24, 2.45) is 5.73 Å². The zero-order valence-electron chi connectivity index (χ0n) is 13.1. The molecule has 0 fully saturated rings. The Kier molecular flexibility index (Phi) is 5.26. The Bertz CT molecular complexity index is 884. The van der Waals surface area contributed by atoms with Gasteiger partial charge in [0.25, 0.3) is 0 Å². The lowest BCUT2D eigenvalue weighted by Gasteiger charge is -2.11. The number of rotatable bonds is 6. The van der Waals surface area contributed by atoms with Crippen LogP contribution < -0.4 is 11.1 Å². The highest BCUT2D eigenvalue weighted by atomic mass is 79.9. The van der Waals surface area contributed by atoms with Crippen molar-refractivity contribution in [2.45, 2.75) is 32.1 Å². The van der Waals surface area contributed by atoms with Gasteiger partial charge in [-0.25, -0.2) is 13.3 Å². The number of halogens is 4. The van der Waals surface area contributed by atoms with Crippen LogP contribution in [0, 0.1) is 5.82 Å². The van der Waals surface area contributed by atoms with E-state index in [9.17, 15) is 8.78 Å². The quantitative estimate of drug-likeness (QED) is 0.618. The third kappa shape index (κ3) is 3.63. The van der Waals surface area contributed by atoms with Crippen molar-refractivity contribution in [3.8, 4) is 0 Å². The van der Waals surface area contributed by atoms with Crippen molar-refractivity contribution >= 4 is 38.9 Å². The van der Waals surface area contributed by atoms with E-state index >= 15 is 0 Å². The van der Waals surface area contributed by atoms with Gasteiger partial charge in [-0.1, -0.05) is 0 Å². The predicted octanol–water partition coefficient (Wildman–Crippen LogP) is 3.72. The van der Waals surface area contributed by atoms with Crippen LogP contribution in [-0.2, 0) is 13.0 Å². The van der Waals surface area contributed by atoms with Gasteiger partial charge < -0.3 is 15.5 Å². The molecule has 0 aromatic carbocycles. The van der Waals surface area contributed by atoms with Crippen LogP contribution in [-0.4, -0.2) is 26.8 Å². The van der Waals surface area contributed by atoms with Crippen molar-refractivity contribution in [2.75, 3.05) is 5.32 Å². The Hall–Kier alpha value is -1.71. The van der Waals surface area contributed by atoms with Gasteiger partial charge in [0.15, 0.2) is 11.6 Å². The number of fused-ring (bicyclic) bond motifs is 1. The number of nitrogens with two attached hydrogens (primary N) is 1. The summed E-state index contributed by atoms with van der Waals surface area (Å²) in [6.07, 6.45) is 0.259. The molecule has 3 aromatic heterocycles. The first-order valence-corrected chi connectivity index (χ1v) is 8.63. The summed E-state index contributed by atoms with van der Waals surface area (Å²) in [6, 6.07) is 2.67. The molecule has 3 N–H and O–H groups in total. The number of anilines is 1. The molecule has 3 aromatic rings. The molecule has 0 aliphatic heterocycles. The maximum atomic E-state index is 15.0. The summed E-state index contributed by atoms with van der Waals surface area (Å²) in [5.41, 5.74) is 6.05. The Morgan fingerprint density at radius 3 is 2.92 bits per heavy atom. The fourth-order valence-corrected chi connectivity index (χ4v) is 3.13. The maximum absolute atomic E-state index is 15.0. The van der Waals surface area contributed by atoms with E-state index in [-0.39, 0.29) is 35.1 Å². The van der Waals surface area contributed by atoms with E-state index in [0.29, 0.717) is 10.4 Å².